The first kappa shape index (κ1) is 43.3. The Hall–Kier alpha value is -2.82. The fourth-order valence-electron chi connectivity index (χ4n) is 7.32. The first-order valence-electron chi connectivity index (χ1n) is 18.7. The van der Waals surface area contributed by atoms with E-state index in [2.05, 4.69) is 19.2 Å². The molecule has 2 rings (SSSR count). The van der Waals surface area contributed by atoms with Crippen molar-refractivity contribution in [1.29, 1.82) is 0 Å². The number of nitrogens with one attached hydrogen (secondary N) is 1. The Balaban J connectivity index is 2.23. The molecule has 284 valence electrons. The van der Waals surface area contributed by atoms with E-state index in [1.165, 1.54) is 0 Å². The Labute approximate surface area is 302 Å². The van der Waals surface area contributed by atoms with Crippen LogP contribution in [0.3, 0.4) is 0 Å². The van der Waals surface area contributed by atoms with Crippen LogP contribution in [0.15, 0.2) is 30.3 Å². The van der Waals surface area contributed by atoms with E-state index < -0.39 is 36.2 Å². The van der Waals surface area contributed by atoms with Crippen molar-refractivity contribution in [1.82, 2.24) is 15.1 Å². The number of Topliss-reactive ketones (excluding diaryl/α,β-unsaturated/α-hetero) is 1. The Kier molecular flexibility index (Phi) is 17.6. The van der Waals surface area contributed by atoms with Crippen molar-refractivity contribution >= 4 is 23.5 Å². The van der Waals surface area contributed by atoms with Crippen molar-refractivity contribution < 1.29 is 33.8 Å². The molecule has 0 aromatic heterocycles. The van der Waals surface area contributed by atoms with Gasteiger partial charge in [0, 0.05) is 46.1 Å². The van der Waals surface area contributed by atoms with Gasteiger partial charge < -0.3 is 29.7 Å². The largest absolute Gasteiger partial charge is 0.386 e. The third-order valence-corrected chi connectivity index (χ3v) is 11.3. The molecule has 1 aromatic carbocycles. The molecule has 0 radical (unpaired) electrons. The summed E-state index contributed by atoms with van der Waals surface area (Å²) in [5.41, 5.74) is 0.716. The zero-order chi connectivity index (χ0) is 37.9. The summed E-state index contributed by atoms with van der Waals surface area (Å²) in [4.78, 5) is 58.3. The number of aliphatic hydroxyl groups is 1. The van der Waals surface area contributed by atoms with Crippen LogP contribution < -0.4 is 5.32 Å². The molecule has 0 saturated carbocycles. The van der Waals surface area contributed by atoms with Crippen molar-refractivity contribution in [3.63, 3.8) is 0 Å². The maximum Gasteiger partial charge on any atom is 0.226 e. The maximum absolute atomic E-state index is 14.1. The molecule has 1 heterocycles. The molecule has 2 N–H and O–H groups in total. The second kappa shape index (κ2) is 20.3. The van der Waals surface area contributed by atoms with Gasteiger partial charge in [-0.25, -0.2) is 0 Å². The summed E-state index contributed by atoms with van der Waals surface area (Å²) < 4.78 is 11.9. The number of carbonyl (C=O) groups excluding carboxylic acids is 4. The molecule has 10 atom stereocenters. The smallest absolute Gasteiger partial charge is 0.226 e. The van der Waals surface area contributed by atoms with Crippen LogP contribution in [-0.2, 0) is 28.7 Å². The lowest BCUT2D eigenvalue weighted by Crippen LogP contribution is -2.54. The number of aliphatic hydroxyl groups excluding tert-OH is 1. The number of likely N-dealkylation sites (tertiary alicyclic amines) is 1. The van der Waals surface area contributed by atoms with Crippen LogP contribution in [0, 0.1) is 35.5 Å². The monoisotopic (exact) mass is 701 g/mol. The van der Waals surface area contributed by atoms with Crippen LogP contribution >= 0.6 is 0 Å². The Morgan fingerprint density at radius 1 is 0.920 bits per heavy atom. The molecule has 0 bridgehead atoms. The van der Waals surface area contributed by atoms with Crippen LogP contribution in [0.2, 0.25) is 0 Å². The maximum atomic E-state index is 14.1. The molecular weight excluding hydrogens is 634 g/mol. The third-order valence-electron chi connectivity index (χ3n) is 11.3. The zero-order valence-corrected chi connectivity index (χ0v) is 32.8. The fraction of sp³-hybridized carbons (Fsp3) is 0.750. The Bertz CT molecular complexity index is 1220. The number of likely N-dealkylation sites (N-methyl/N-ethyl adjacent to an activating group) is 1. The summed E-state index contributed by atoms with van der Waals surface area (Å²) >= 11 is 0. The number of ketones is 1. The lowest BCUT2D eigenvalue weighted by atomic mass is 9.82. The van der Waals surface area contributed by atoms with Crippen LogP contribution in [0.5, 0.6) is 0 Å². The number of rotatable bonds is 20. The lowest BCUT2D eigenvalue weighted by Gasteiger charge is -2.41. The number of amides is 3. The Morgan fingerprint density at radius 2 is 1.54 bits per heavy atom. The van der Waals surface area contributed by atoms with Crippen molar-refractivity contribution in [3.05, 3.63) is 35.9 Å². The third kappa shape index (κ3) is 11.1. The minimum atomic E-state index is -0.868. The standard InChI is InChI=1S/C40H67N3O7/c1-13-26(6)36(42(10)40(48)31(25(4)5)22-33(44)27(7)24(2)3)34(49-11)23-35(45)43-21-17-20-32(43)38(50-12)28(8)39(47)41-29(9)37(46)30-18-15-14-16-19-30/h14-16,18-19,24-29,31-32,34,36-38,46H,13,17,20-23H2,1-12H3,(H,41,47)/t26-,27-,28+,29+,31+,32-,34+,36-,37+,38+/m0/s1. The molecule has 1 aromatic rings. The van der Waals surface area contributed by atoms with Gasteiger partial charge in [-0.05, 0) is 43.1 Å². The van der Waals surface area contributed by atoms with Gasteiger partial charge >= 0.3 is 0 Å². The van der Waals surface area contributed by atoms with Crippen molar-refractivity contribution in [3.8, 4) is 0 Å². The highest BCUT2D eigenvalue weighted by Crippen LogP contribution is 2.31. The molecule has 10 heteroatoms. The van der Waals surface area contributed by atoms with E-state index in [1.807, 2.05) is 69.9 Å². The molecule has 3 amide bonds. The first-order chi connectivity index (χ1) is 23.5. The molecule has 0 unspecified atom stereocenters. The highest BCUT2D eigenvalue weighted by molar-refractivity contribution is 5.88. The van der Waals surface area contributed by atoms with Crippen LogP contribution in [-0.4, -0.2) is 96.6 Å². The van der Waals surface area contributed by atoms with Gasteiger partial charge in [0.2, 0.25) is 17.7 Å². The molecule has 0 aliphatic carbocycles. The summed E-state index contributed by atoms with van der Waals surface area (Å²) in [5, 5.41) is 13.8. The number of hydrogen-bond donors (Lipinski definition) is 2. The molecular formula is C40H67N3O7. The van der Waals surface area contributed by atoms with Crippen LogP contribution in [0.1, 0.15) is 106 Å². The van der Waals surface area contributed by atoms with Gasteiger partial charge in [0.15, 0.2) is 0 Å². The second-order valence-electron chi connectivity index (χ2n) is 15.3. The number of hydrogen-bond acceptors (Lipinski definition) is 7. The topological polar surface area (TPSA) is 125 Å². The van der Waals surface area contributed by atoms with E-state index in [-0.39, 0.29) is 72.1 Å². The summed E-state index contributed by atoms with van der Waals surface area (Å²) in [7, 11) is 4.92. The molecule has 1 fully saturated rings. The van der Waals surface area contributed by atoms with Crippen molar-refractivity contribution in [2.45, 2.75) is 131 Å². The normalized spacial score (nSPS) is 20.4. The van der Waals surface area contributed by atoms with Crippen molar-refractivity contribution in [2.75, 3.05) is 27.8 Å². The highest BCUT2D eigenvalue weighted by atomic mass is 16.5. The quantitative estimate of drug-likeness (QED) is 0.180. The van der Waals surface area contributed by atoms with Gasteiger partial charge in [-0.3, -0.25) is 19.2 Å². The van der Waals surface area contributed by atoms with Gasteiger partial charge in [0.1, 0.15) is 5.78 Å². The summed E-state index contributed by atoms with van der Waals surface area (Å²) in [6.45, 7) is 18.1. The van der Waals surface area contributed by atoms with E-state index in [9.17, 15) is 24.3 Å². The fourth-order valence-corrected chi connectivity index (χ4v) is 7.32. The van der Waals surface area contributed by atoms with Crippen LogP contribution in [0.25, 0.3) is 0 Å². The predicted octanol–water partition coefficient (Wildman–Crippen LogP) is 5.67. The van der Waals surface area contributed by atoms with Gasteiger partial charge in [-0.1, -0.05) is 92.1 Å². The minimum absolute atomic E-state index is 0.0258. The van der Waals surface area contributed by atoms with Crippen molar-refractivity contribution in [2.24, 2.45) is 35.5 Å². The summed E-state index contributed by atoms with van der Waals surface area (Å²) in [6, 6.07) is 7.97. The highest BCUT2D eigenvalue weighted by Gasteiger charge is 2.43. The SMILES string of the molecule is CC[C@H](C)[C@@H]([C@@H](CC(=O)N1CCC[C@H]1[C@H](OC)[C@@H](C)C(=O)N[C@H](C)[C@@H](O)c1ccccc1)OC)N(C)C(=O)[C@H](CC(=O)[C@@H](C)C(C)C)C(C)C. The summed E-state index contributed by atoms with van der Waals surface area (Å²) in [5.74, 6) is -1.39. The van der Waals surface area contributed by atoms with Crippen LogP contribution in [0.4, 0.5) is 0 Å². The van der Waals surface area contributed by atoms with E-state index in [0.717, 1.165) is 12.8 Å². The van der Waals surface area contributed by atoms with E-state index in [1.54, 1.807) is 40.0 Å². The van der Waals surface area contributed by atoms with E-state index in [0.29, 0.717) is 18.5 Å². The van der Waals surface area contributed by atoms with Gasteiger partial charge in [0.05, 0.1) is 48.8 Å². The molecule has 50 heavy (non-hydrogen) atoms. The van der Waals surface area contributed by atoms with Gasteiger partial charge in [0.25, 0.3) is 0 Å². The molecule has 1 aliphatic heterocycles. The second-order valence-corrected chi connectivity index (χ2v) is 15.3. The Morgan fingerprint density at radius 3 is 2.06 bits per heavy atom. The first-order valence-corrected chi connectivity index (χ1v) is 18.7. The molecule has 10 nitrogen and oxygen atoms in total. The van der Waals surface area contributed by atoms with E-state index in [4.69, 9.17) is 9.47 Å². The average molecular weight is 702 g/mol. The molecule has 1 aliphatic rings. The van der Waals surface area contributed by atoms with E-state index >= 15 is 0 Å². The number of methoxy groups -OCH3 is 2. The summed E-state index contributed by atoms with van der Waals surface area (Å²) in [6.07, 6.45) is 0.482. The minimum Gasteiger partial charge on any atom is -0.386 e. The molecule has 0 spiro atoms. The predicted molar refractivity (Wildman–Crippen MR) is 197 cm³/mol. The number of carbonyl (C=O) groups is 4. The number of nitrogens with zero attached hydrogens (tertiary/aromatic N) is 2. The lowest BCUT2D eigenvalue weighted by molar-refractivity contribution is -0.149. The zero-order valence-electron chi connectivity index (χ0n) is 32.8. The molecule has 1 saturated heterocycles. The van der Waals surface area contributed by atoms with Gasteiger partial charge in [-0.15, -0.1) is 0 Å². The van der Waals surface area contributed by atoms with Gasteiger partial charge in [-0.2, -0.15) is 0 Å². The average Bonchev–Trinajstić information content (AvgIpc) is 3.58. The number of ether oxygens (including phenoxy) is 2. The number of benzene rings is 1.